The summed E-state index contributed by atoms with van der Waals surface area (Å²) in [6.45, 7) is 2.15. The van der Waals surface area contributed by atoms with E-state index in [0.29, 0.717) is 19.0 Å². The van der Waals surface area contributed by atoms with Gasteiger partial charge in [-0.25, -0.2) is 0 Å². The molecule has 108 valence electrons. The zero-order chi connectivity index (χ0) is 15.1. The Hall–Kier alpha value is -2.60. The van der Waals surface area contributed by atoms with Gasteiger partial charge in [0.05, 0.1) is 5.56 Å². The van der Waals surface area contributed by atoms with Crippen LogP contribution in [-0.4, -0.2) is 17.2 Å². The summed E-state index contributed by atoms with van der Waals surface area (Å²) in [4.78, 5) is 11.3. The van der Waals surface area contributed by atoms with Crippen molar-refractivity contribution >= 4 is 12.0 Å². The molecule has 2 rings (SSSR count). The van der Waals surface area contributed by atoms with Gasteiger partial charge in [0.15, 0.2) is 24.4 Å². The van der Waals surface area contributed by atoms with Crippen LogP contribution in [0.3, 0.4) is 0 Å². The molecule has 2 aromatic heterocycles. The molecule has 1 N–H and O–H groups in total. The highest BCUT2D eigenvalue weighted by atomic mass is 16.5. The van der Waals surface area contributed by atoms with Gasteiger partial charge in [-0.3, -0.25) is 9.53 Å². The second-order valence-corrected chi connectivity index (χ2v) is 4.47. The number of pyridine rings is 2. The summed E-state index contributed by atoms with van der Waals surface area (Å²) < 4.78 is 9.19. The Balaban J connectivity index is 1.99. The second kappa shape index (κ2) is 7.25. The zero-order valence-corrected chi connectivity index (χ0v) is 11.7. The molecule has 0 bridgehead atoms. The average molecular weight is 287 g/mol. The number of carbonyl (C=O) groups is 1. The van der Waals surface area contributed by atoms with E-state index in [0.717, 1.165) is 5.69 Å². The van der Waals surface area contributed by atoms with Crippen molar-refractivity contribution < 1.29 is 23.9 Å². The molecule has 0 fully saturated rings. The van der Waals surface area contributed by atoms with Crippen molar-refractivity contribution in [3.8, 4) is 0 Å². The van der Waals surface area contributed by atoms with E-state index in [1.165, 1.54) is 13.1 Å². The van der Waals surface area contributed by atoms with Gasteiger partial charge < -0.3 is 5.21 Å². The summed E-state index contributed by atoms with van der Waals surface area (Å²) in [7, 11) is 0. The topological polar surface area (TPSA) is 66.7 Å². The van der Waals surface area contributed by atoms with Crippen LogP contribution in [0.15, 0.2) is 54.1 Å². The first-order valence-corrected chi connectivity index (χ1v) is 6.44. The summed E-state index contributed by atoms with van der Waals surface area (Å²) >= 11 is 0. The smallest absolute Gasteiger partial charge is 0.258 e. The number of hydrogen-bond acceptors (Lipinski definition) is 4. The molecule has 0 aromatic carbocycles. The molecule has 2 aromatic rings. The molecule has 0 spiro atoms. The first-order valence-electron chi connectivity index (χ1n) is 6.44. The minimum Gasteiger partial charge on any atom is -0.411 e. The molecule has 2 heterocycles. The van der Waals surface area contributed by atoms with E-state index < -0.39 is 0 Å². The quantitative estimate of drug-likeness (QED) is 0.282. The van der Waals surface area contributed by atoms with Crippen LogP contribution in [-0.2, 0) is 18.2 Å². The number of aromatic nitrogens is 2. The molecule has 6 nitrogen and oxygen atoms in total. The number of rotatable bonds is 6. The van der Waals surface area contributed by atoms with Crippen molar-refractivity contribution in [1.29, 1.82) is 0 Å². The van der Waals surface area contributed by atoms with Crippen LogP contribution in [0.4, 0.5) is 0 Å². The van der Waals surface area contributed by atoms with Gasteiger partial charge >= 0.3 is 0 Å². The van der Waals surface area contributed by atoms with Crippen LogP contribution < -0.4 is 9.13 Å². The number of ether oxygens (including phenoxy) is 1. The molecule has 0 atom stereocenters. The van der Waals surface area contributed by atoms with Crippen LogP contribution in [0.2, 0.25) is 0 Å². The second-order valence-electron chi connectivity index (χ2n) is 4.47. The molecule has 0 aliphatic carbocycles. The van der Waals surface area contributed by atoms with Crippen LogP contribution in [0.1, 0.15) is 23.0 Å². The zero-order valence-electron chi connectivity index (χ0n) is 11.7. The lowest BCUT2D eigenvalue weighted by Crippen LogP contribution is -2.42. The van der Waals surface area contributed by atoms with Gasteiger partial charge in [0.25, 0.3) is 13.5 Å². The van der Waals surface area contributed by atoms with Gasteiger partial charge in [0.2, 0.25) is 5.69 Å². The maximum atomic E-state index is 11.3. The van der Waals surface area contributed by atoms with Crippen molar-refractivity contribution in [2.24, 2.45) is 5.16 Å². The third-order valence-corrected chi connectivity index (χ3v) is 2.90. The highest BCUT2D eigenvalue weighted by molar-refractivity contribution is 5.93. The number of ketones is 1. The SMILES string of the molecule is CC(=O)c1ccc[n+](COC[n+]2ccccc2/C=N\O)c1. The maximum Gasteiger partial charge on any atom is 0.258 e. The minimum atomic E-state index is 0.0169. The van der Waals surface area contributed by atoms with Gasteiger partial charge in [0.1, 0.15) is 6.21 Å². The maximum absolute atomic E-state index is 11.3. The van der Waals surface area contributed by atoms with E-state index in [4.69, 9.17) is 9.94 Å². The van der Waals surface area contributed by atoms with Crippen molar-refractivity contribution in [3.63, 3.8) is 0 Å². The monoisotopic (exact) mass is 287 g/mol. The van der Waals surface area contributed by atoms with Gasteiger partial charge in [-0.05, 0) is 19.1 Å². The number of Topliss-reactive ketones (excluding diaryl/α,β-unsaturated/α-hetero) is 1. The van der Waals surface area contributed by atoms with Gasteiger partial charge in [0, 0.05) is 18.2 Å². The van der Waals surface area contributed by atoms with E-state index in [9.17, 15) is 4.79 Å². The van der Waals surface area contributed by atoms with E-state index in [-0.39, 0.29) is 5.78 Å². The normalized spacial score (nSPS) is 10.9. The lowest BCUT2D eigenvalue weighted by Gasteiger charge is -2.01. The van der Waals surface area contributed by atoms with Crippen molar-refractivity contribution in [2.45, 2.75) is 20.4 Å². The summed E-state index contributed by atoms with van der Waals surface area (Å²) in [5.41, 5.74) is 1.36. The highest BCUT2D eigenvalue weighted by Crippen LogP contribution is 1.95. The number of nitrogens with zero attached hydrogens (tertiary/aromatic N) is 3. The Morgan fingerprint density at radius 2 is 2.14 bits per heavy atom. The summed E-state index contributed by atoms with van der Waals surface area (Å²) in [6.07, 6.45) is 6.74. The minimum absolute atomic E-state index is 0.0169. The predicted octanol–water partition coefficient (Wildman–Crippen LogP) is 0.904. The Morgan fingerprint density at radius 1 is 1.29 bits per heavy atom. The lowest BCUT2D eigenvalue weighted by molar-refractivity contribution is -0.788. The summed E-state index contributed by atoms with van der Waals surface area (Å²) in [6, 6.07) is 9.09. The third-order valence-electron chi connectivity index (χ3n) is 2.90. The Morgan fingerprint density at radius 3 is 2.90 bits per heavy atom. The fraction of sp³-hybridized carbons (Fsp3) is 0.200. The van der Waals surface area contributed by atoms with E-state index in [1.54, 1.807) is 27.5 Å². The number of oxime groups is 1. The number of carbonyl (C=O) groups excluding carboxylic acids is 1. The van der Waals surface area contributed by atoms with Gasteiger partial charge in [-0.15, -0.1) is 0 Å². The summed E-state index contributed by atoms with van der Waals surface area (Å²) in [5.74, 6) is 0.0169. The average Bonchev–Trinajstić information content (AvgIpc) is 2.49. The van der Waals surface area contributed by atoms with Crippen LogP contribution in [0, 0.1) is 0 Å². The molecule has 0 aliphatic heterocycles. The fourth-order valence-corrected chi connectivity index (χ4v) is 1.84. The van der Waals surface area contributed by atoms with Crippen LogP contribution in [0.25, 0.3) is 0 Å². The third kappa shape index (κ3) is 4.19. The van der Waals surface area contributed by atoms with Crippen LogP contribution >= 0.6 is 0 Å². The fourth-order valence-electron chi connectivity index (χ4n) is 1.84. The van der Waals surface area contributed by atoms with Crippen molar-refractivity contribution in [1.82, 2.24) is 0 Å². The lowest BCUT2D eigenvalue weighted by atomic mass is 10.2. The Labute approximate surface area is 122 Å². The molecule has 0 amide bonds. The first kappa shape index (κ1) is 14.8. The molecule has 0 unspecified atom stereocenters. The molecular formula is C15H17N3O3+2. The van der Waals surface area contributed by atoms with E-state index >= 15 is 0 Å². The molecule has 6 heteroatoms. The van der Waals surface area contributed by atoms with Crippen molar-refractivity contribution in [2.75, 3.05) is 0 Å². The van der Waals surface area contributed by atoms with E-state index in [2.05, 4.69) is 5.16 Å². The standard InChI is InChI=1S/C15H16N3O3/c1-13(19)14-5-4-7-17(10-14)11-21-12-18-8-3-2-6-15(18)9-16-20/h2-10H,11-12H2,1H3/q+1/p+1. The largest absolute Gasteiger partial charge is 0.411 e. The molecule has 0 saturated carbocycles. The van der Waals surface area contributed by atoms with Crippen molar-refractivity contribution in [3.05, 3.63) is 60.2 Å². The Bertz CT molecular complexity index is 656. The van der Waals surface area contributed by atoms with Crippen LogP contribution in [0.5, 0.6) is 0 Å². The molecule has 0 aliphatic rings. The van der Waals surface area contributed by atoms with E-state index in [1.807, 2.05) is 30.6 Å². The molecule has 21 heavy (non-hydrogen) atoms. The van der Waals surface area contributed by atoms with Gasteiger partial charge in [-0.1, -0.05) is 5.16 Å². The Kier molecular flexibility index (Phi) is 5.11. The molecule has 0 saturated heterocycles. The first-order chi connectivity index (χ1) is 10.2. The van der Waals surface area contributed by atoms with Gasteiger partial charge in [-0.2, -0.15) is 9.13 Å². The predicted molar refractivity (Wildman–Crippen MR) is 73.7 cm³/mol. The summed E-state index contributed by atoms with van der Waals surface area (Å²) in [5, 5.41) is 11.6. The molecule has 0 radical (unpaired) electrons. The number of hydrogen-bond donors (Lipinski definition) is 1. The molecular weight excluding hydrogens is 270 g/mol. The highest BCUT2D eigenvalue weighted by Gasteiger charge is 2.10.